The molecule has 0 aliphatic carbocycles. The number of rotatable bonds is 6. The van der Waals surface area contributed by atoms with E-state index in [1.165, 1.54) is 10.4 Å². The lowest BCUT2D eigenvalue weighted by Gasteiger charge is -2.33. The van der Waals surface area contributed by atoms with Crippen molar-refractivity contribution in [2.24, 2.45) is 0 Å². The number of aryl methyl sites for hydroxylation is 1. The van der Waals surface area contributed by atoms with E-state index in [2.05, 4.69) is 15.4 Å². The third-order valence-electron chi connectivity index (χ3n) is 4.34. The first-order valence-electron chi connectivity index (χ1n) is 8.56. The van der Waals surface area contributed by atoms with Gasteiger partial charge in [-0.15, -0.1) is 0 Å². The van der Waals surface area contributed by atoms with Crippen molar-refractivity contribution in [2.75, 3.05) is 38.0 Å². The van der Waals surface area contributed by atoms with E-state index in [9.17, 15) is 13.2 Å². The fraction of sp³-hybridized carbons (Fsp3) is 0.412. The normalized spacial score (nSPS) is 16.4. The average molecular weight is 413 g/mol. The van der Waals surface area contributed by atoms with Gasteiger partial charge < -0.3 is 14.7 Å². The molecule has 1 aliphatic rings. The number of anilines is 1. The molecule has 1 N–H and O–H groups in total. The first kappa shape index (κ1) is 19.8. The van der Waals surface area contributed by atoms with E-state index in [0.29, 0.717) is 50.7 Å². The number of amides is 1. The molecule has 0 unspecified atom stereocenters. The van der Waals surface area contributed by atoms with E-state index < -0.39 is 10.0 Å². The van der Waals surface area contributed by atoms with Crippen molar-refractivity contribution in [1.29, 1.82) is 0 Å². The Bertz CT molecular complexity index is 907. The Kier molecular flexibility index (Phi) is 6.15. The minimum atomic E-state index is -3.61. The van der Waals surface area contributed by atoms with Gasteiger partial charge in [0.05, 0.1) is 5.02 Å². The smallest absolute Gasteiger partial charge is 0.244 e. The quantitative estimate of drug-likeness (QED) is 0.779. The number of benzene rings is 1. The first-order chi connectivity index (χ1) is 12.9. The van der Waals surface area contributed by atoms with Crippen LogP contribution in [0.5, 0.6) is 0 Å². The zero-order valence-corrected chi connectivity index (χ0v) is 16.5. The number of hydrogen-bond acceptors (Lipinski definition) is 6. The topological polar surface area (TPSA) is 95.8 Å². The van der Waals surface area contributed by atoms with Crippen molar-refractivity contribution >= 4 is 33.3 Å². The van der Waals surface area contributed by atoms with Crippen LogP contribution < -0.4 is 5.32 Å². The molecule has 1 aliphatic heterocycles. The van der Waals surface area contributed by atoms with Gasteiger partial charge in [-0.2, -0.15) is 4.31 Å². The molecule has 10 heteroatoms. The van der Waals surface area contributed by atoms with Crippen LogP contribution in [0, 0.1) is 6.92 Å². The summed E-state index contributed by atoms with van der Waals surface area (Å²) in [6.45, 7) is 4.12. The highest BCUT2D eigenvalue weighted by molar-refractivity contribution is 7.89. The fourth-order valence-corrected chi connectivity index (χ4v) is 4.79. The number of piperazine rings is 1. The minimum Gasteiger partial charge on any atom is -0.360 e. The second-order valence-electron chi connectivity index (χ2n) is 6.30. The van der Waals surface area contributed by atoms with Crippen LogP contribution in [0.1, 0.15) is 12.2 Å². The largest absolute Gasteiger partial charge is 0.360 e. The molecule has 1 amide bonds. The van der Waals surface area contributed by atoms with Crippen molar-refractivity contribution in [3.05, 3.63) is 41.1 Å². The molecule has 27 heavy (non-hydrogen) atoms. The van der Waals surface area contributed by atoms with Gasteiger partial charge in [0.25, 0.3) is 0 Å². The van der Waals surface area contributed by atoms with E-state index in [4.69, 9.17) is 16.1 Å². The van der Waals surface area contributed by atoms with Gasteiger partial charge in [0.1, 0.15) is 10.7 Å². The molecular formula is C17H21ClN4O4S. The lowest BCUT2D eigenvalue weighted by Crippen LogP contribution is -2.49. The summed E-state index contributed by atoms with van der Waals surface area (Å²) < 4.78 is 31.8. The summed E-state index contributed by atoms with van der Waals surface area (Å²) in [5.74, 6) is 0.865. The number of carbonyl (C=O) groups is 1. The molecule has 2 aromatic rings. The highest BCUT2D eigenvalue weighted by Crippen LogP contribution is 2.25. The summed E-state index contributed by atoms with van der Waals surface area (Å²) in [4.78, 5) is 14.2. The Hall–Kier alpha value is -1.94. The molecule has 0 bridgehead atoms. The summed E-state index contributed by atoms with van der Waals surface area (Å²) in [5.41, 5.74) is 0. The first-order valence-corrected chi connectivity index (χ1v) is 10.4. The van der Waals surface area contributed by atoms with Crippen LogP contribution in [0.15, 0.2) is 39.8 Å². The van der Waals surface area contributed by atoms with Gasteiger partial charge >= 0.3 is 0 Å². The lowest BCUT2D eigenvalue weighted by molar-refractivity contribution is -0.116. The zero-order valence-electron chi connectivity index (χ0n) is 14.9. The Balaban J connectivity index is 1.49. The highest BCUT2D eigenvalue weighted by atomic mass is 35.5. The monoisotopic (exact) mass is 412 g/mol. The van der Waals surface area contributed by atoms with Crippen LogP contribution in [-0.4, -0.2) is 61.4 Å². The molecule has 2 heterocycles. The fourth-order valence-electron chi connectivity index (χ4n) is 2.88. The van der Waals surface area contributed by atoms with E-state index >= 15 is 0 Å². The van der Waals surface area contributed by atoms with Gasteiger partial charge in [0, 0.05) is 45.2 Å². The number of nitrogens with zero attached hydrogens (tertiary/aromatic N) is 3. The van der Waals surface area contributed by atoms with Gasteiger partial charge in [0.2, 0.25) is 15.9 Å². The predicted octanol–water partition coefficient (Wildman–Crippen LogP) is 1.97. The summed E-state index contributed by atoms with van der Waals surface area (Å²) in [6, 6.07) is 8.09. The average Bonchev–Trinajstić information content (AvgIpc) is 3.05. The van der Waals surface area contributed by atoms with Crippen molar-refractivity contribution in [3.8, 4) is 0 Å². The van der Waals surface area contributed by atoms with E-state index in [-0.39, 0.29) is 15.8 Å². The van der Waals surface area contributed by atoms with Crippen molar-refractivity contribution in [2.45, 2.75) is 18.2 Å². The molecule has 146 valence electrons. The highest BCUT2D eigenvalue weighted by Gasteiger charge is 2.29. The summed E-state index contributed by atoms with van der Waals surface area (Å²) in [5, 5.41) is 6.61. The van der Waals surface area contributed by atoms with Gasteiger partial charge in [-0.05, 0) is 19.1 Å². The summed E-state index contributed by atoms with van der Waals surface area (Å²) in [7, 11) is -3.61. The Morgan fingerprint density at radius 1 is 1.26 bits per heavy atom. The molecule has 0 radical (unpaired) electrons. The van der Waals surface area contributed by atoms with Gasteiger partial charge in [-0.25, -0.2) is 8.42 Å². The van der Waals surface area contributed by atoms with Gasteiger partial charge in [0.15, 0.2) is 5.82 Å². The molecule has 8 nitrogen and oxygen atoms in total. The van der Waals surface area contributed by atoms with Crippen LogP contribution in [-0.2, 0) is 14.8 Å². The number of aromatic nitrogens is 1. The summed E-state index contributed by atoms with van der Waals surface area (Å²) in [6.07, 6.45) is 0.295. The van der Waals surface area contributed by atoms with E-state index in [1.54, 1.807) is 31.2 Å². The van der Waals surface area contributed by atoms with Crippen LogP contribution in [0.2, 0.25) is 5.02 Å². The molecular weight excluding hydrogens is 392 g/mol. The minimum absolute atomic E-state index is 0.127. The molecule has 1 aromatic heterocycles. The van der Waals surface area contributed by atoms with Crippen LogP contribution >= 0.6 is 11.6 Å². The van der Waals surface area contributed by atoms with Crippen LogP contribution in [0.25, 0.3) is 0 Å². The summed E-state index contributed by atoms with van der Waals surface area (Å²) >= 11 is 6.04. The maximum absolute atomic E-state index is 12.7. The molecule has 1 aromatic carbocycles. The zero-order chi connectivity index (χ0) is 19.4. The van der Waals surface area contributed by atoms with E-state index in [1.807, 2.05) is 0 Å². The number of hydrogen-bond donors (Lipinski definition) is 1. The second kappa shape index (κ2) is 8.39. The Labute approximate surface area is 163 Å². The number of carbonyl (C=O) groups excluding carboxylic acids is 1. The van der Waals surface area contributed by atoms with Gasteiger partial charge in [-0.3, -0.25) is 4.79 Å². The van der Waals surface area contributed by atoms with Gasteiger partial charge in [-0.1, -0.05) is 28.9 Å². The standard InChI is InChI=1S/C17H21ClN4O4S/c1-13-12-16(20-26-13)19-17(23)6-7-21-8-10-22(11-9-21)27(24,25)15-5-3-2-4-14(15)18/h2-5,12H,6-11H2,1H3,(H,19,20,23). The third-order valence-corrected chi connectivity index (χ3v) is 6.73. The maximum Gasteiger partial charge on any atom is 0.244 e. The molecule has 0 atom stereocenters. The molecule has 3 rings (SSSR count). The number of nitrogens with one attached hydrogen (secondary N) is 1. The van der Waals surface area contributed by atoms with Crippen molar-refractivity contribution in [3.63, 3.8) is 0 Å². The molecule has 1 saturated heterocycles. The van der Waals surface area contributed by atoms with Crippen LogP contribution in [0.3, 0.4) is 0 Å². The SMILES string of the molecule is Cc1cc(NC(=O)CCN2CCN(S(=O)(=O)c3ccccc3Cl)CC2)no1. The Morgan fingerprint density at radius 3 is 2.59 bits per heavy atom. The molecule has 1 fully saturated rings. The van der Waals surface area contributed by atoms with Crippen molar-refractivity contribution in [1.82, 2.24) is 14.4 Å². The van der Waals surface area contributed by atoms with E-state index in [0.717, 1.165) is 0 Å². The number of sulfonamides is 1. The lowest BCUT2D eigenvalue weighted by atomic mass is 10.3. The molecule has 0 saturated carbocycles. The van der Waals surface area contributed by atoms with Crippen LogP contribution in [0.4, 0.5) is 5.82 Å². The molecule has 0 spiro atoms. The number of halogens is 1. The second-order valence-corrected chi connectivity index (χ2v) is 8.61. The predicted molar refractivity (Wildman–Crippen MR) is 101 cm³/mol. The Morgan fingerprint density at radius 2 is 1.96 bits per heavy atom. The van der Waals surface area contributed by atoms with Crippen molar-refractivity contribution < 1.29 is 17.7 Å². The maximum atomic E-state index is 12.7. The third kappa shape index (κ3) is 4.86.